The molecule has 1 atom stereocenters. The number of thioether (sulfide) groups is 1. The van der Waals surface area contributed by atoms with Crippen molar-refractivity contribution in [2.24, 2.45) is 14.1 Å². The first-order valence-corrected chi connectivity index (χ1v) is 11.1. The largest absolute Gasteiger partial charge is 0.340 e. The highest BCUT2D eigenvalue weighted by Gasteiger charge is 2.32. The topological polar surface area (TPSA) is 48.9 Å². The average Bonchev–Trinajstić information content (AvgIpc) is 3.12. The van der Waals surface area contributed by atoms with E-state index in [2.05, 4.69) is 35.8 Å². The van der Waals surface area contributed by atoms with E-state index < -0.39 is 0 Å². The lowest BCUT2D eigenvalue weighted by Crippen LogP contribution is -2.37. The Balaban J connectivity index is 1.96. The van der Waals surface area contributed by atoms with Crippen LogP contribution in [0.1, 0.15) is 22.1 Å². The van der Waals surface area contributed by atoms with Crippen LogP contribution in [0.5, 0.6) is 0 Å². The molecule has 152 valence electrons. The number of nitrogens with zero attached hydrogens (tertiary/aromatic N) is 3. The summed E-state index contributed by atoms with van der Waals surface area (Å²) in [5.74, 6) is 0.945. The molecule has 0 saturated heterocycles. The minimum Gasteiger partial charge on any atom is -0.340 e. The van der Waals surface area contributed by atoms with E-state index in [4.69, 9.17) is 0 Å². The molecule has 4 aromatic rings. The maximum absolute atomic E-state index is 13.3. The van der Waals surface area contributed by atoms with E-state index in [0.717, 1.165) is 34.8 Å². The molecule has 0 radical (unpaired) electrons. The first kappa shape index (κ1) is 19.0. The minimum atomic E-state index is -0.293. The summed E-state index contributed by atoms with van der Waals surface area (Å²) in [6, 6.07) is 18.5. The van der Waals surface area contributed by atoms with Gasteiger partial charge < -0.3 is 4.57 Å². The molecule has 30 heavy (non-hydrogen) atoms. The second-order valence-corrected chi connectivity index (χ2v) is 9.06. The highest BCUT2D eigenvalue weighted by molar-refractivity contribution is 7.99. The molecule has 2 aromatic heterocycles. The van der Waals surface area contributed by atoms with Crippen molar-refractivity contribution in [3.05, 3.63) is 92.3 Å². The van der Waals surface area contributed by atoms with Crippen molar-refractivity contribution >= 4 is 22.7 Å². The predicted octanol–water partition coefficient (Wildman–Crippen LogP) is 3.85. The number of benzene rings is 2. The van der Waals surface area contributed by atoms with Crippen LogP contribution in [0.15, 0.2) is 64.2 Å². The SMILES string of the molecule is Cc1cccc(C2SCCn3c(-c4ccccc4)c4c(=O)n(C)c(=O)n(C)c4c32)c1. The molecule has 0 aliphatic carbocycles. The van der Waals surface area contributed by atoms with Crippen LogP contribution in [-0.4, -0.2) is 19.5 Å². The Labute approximate surface area is 178 Å². The molecule has 1 unspecified atom stereocenters. The molecule has 0 bridgehead atoms. The smallest absolute Gasteiger partial charge is 0.331 e. The van der Waals surface area contributed by atoms with Crippen LogP contribution in [0, 0.1) is 6.92 Å². The zero-order valence-corrected chi connectivity index (χ0v) is 18.1. The number of fused-ring (bicyclic) bond motifs is 3. The normalized spacial score (nSPS) is 16.0. The van der Waals surface area contributed by atoms with Gasteiger partial charge in [-0.15, -0.1) is 11.8 Å². The maximum Gasteiger partial charge on any atom is 0.331 e. The van der Waals surface area contributed by atoms with Crippen molar-refractivity contribution in [3.63, 3.8) is 0 Å². The molecule has 0 N–H and O–H groups in total. The molecule has 3 heterocycles. The van der Waals surface area contributed by atoms with Crippen molar-refractivity contribution in [1.29, 1.82) is 0 Å². The summed E-state index contributed by atoms with van der Waals surface area (Å²) in [5, 5.41) is 0.692. The fourth-order valence-electron chi connectivity index (χ4n) is 4.56. The zero-order valence-electron chi connectivity index (χ0n) is 17.3. The first-order valence-electron chi connectivity index (χ1n) is 10.0. The van der Waals surface area contributed by atoms with Crippen LogP contribution in [0.2, 0.25) is 0 Å². The molecule has 5 nitrogen and oxygen atoms in total. The Bertz CT molecular complexity index is 1400. The van der Waals surface area contributed by atoms with E-state index in [1.165, 1.54) is 15.7 Å². The fraction of sp³-hybridized carbons (Fsp3) is 0.250. The zero-order chi connectivity index (χ0) is 21.0. The third-order valence-corrected chi connectivity index (χ3v) is 7.19. The molecule has 5 rings (SSSR count). The van der Waals surface area contributed by atoms with E-state index in [1.54, 1.807) is 18.7 Å². The van der Waals surface area contributed by atoms with E-state index in [9.17, 15) is 9.59 Å². The maximum atomic E-state index is 13.3. The summed E-state index contributed by atoms with van der Waals surface area (Å²) in [7, 11) is 3.33. The molecule has 0 spiro atoms. The van der Waals surface area contributed by atoms with Crippen molar-refractivity contribution in [3.8, 4) is 11.3 Å². The van der Waals surface area contributed by atoms with E-state index in [0.29, 0.717) is 5.39 Å². The second-order valence-electron chi connectivity index (χ2n) is 7.85. The molecule has 0 amide bonds. The van der Waals surface area contributed by atoms with Gasteiger partial charge in [-0.2, -0.15) is 0 Å². The molecule has 1 aliphatic heterocycles. The van der Waals surface area contributed by atoms with Gasteiger partial charge in [0.15, 0.2) is 0 Å². The number of hydrogen-bond donors (Lipinski definition) is 0. The Hall–Kier alpha value is -2.99. The van der Waals surface area contributed by atoms with Gasteiger partial charge in [-0.05, 0) is 18.1 Å². The molecule has 0 fully saturated rings. The van der Waals surface area contributed by atoms with Crippen LogP contribution in [0.25, 0.3) is 22.2 Å². The first-order chi connectivity index (χ1) is 14.5. The highest BCUT2D eigenvalue weighted by Crippen LogP contribution is 2.46. The fourth-order valence-corrected chi connectivity index (χ4v) is 5.82. The number of hydrogen-bond acceptors (Lipinski definition) is 3. The van der Waals surface area contributed by atoms with Gasteiger partial charge in [-0.25, -0.2) is 4.79 Å². The molecule has 0 saturated carbocycles. The predicted molar refractivity (Wildman–Crippen MR) is 123 cm³/mol. The Kier molecular flexibility index (Phi) is 4.47. The number of aromatic nitrogens is 3. The minimum absolute atomic E-state index is 0.0660. The molecule has 2 aromatic carbocycles. The quantitative estimate of drug-likeness (QED) is 0.498. The van der Waals surface area contributed by atoms with Crippen LogP contribution < -0.4 is 11.2 Å². The molecule has 1 aliphatic rings. The highest BCUT2D eigenvalue weighted by atomic mass is 32.2. The van der Waals surface area contributed by atoms with E-state index >= 15 is 0 Å². The van der Waals surface area contributed by atoms with E-state index in [-0.39, 0.29) is 16.5 Å². The van der Waals surface area contributed by atoms with Crippen LogP contribution in [0.4, 0.5) is 0 Å². The summed E-state index contributed by atoms with van der Waals surface area (Å²) in [6.45, 7) is 2.90. The standard InChI is InChI=1S/C24H23N3O2S/c1-15-8-7-11-17(14-15)22-21-20-18(23(28)26(3)24(29)25(20)2)19(27(21)12-13-30-22)16-9-5-4-6-10-16/h4-11,14,22H,12-13H2,1-3H3. The van der Waals surface area contributed by atoms with Crippen molar-refractivity contribution < 1.29 is 0 Å². The van der Waals surface area contributed by atoms with Crippen molar-refractivity contribution in [2.45, 2.75) is 18.7 Å². The van der Waals surface area contributed by atoms with Gasteiger partial charge in [-0.3, -0.25) is 13.9 Å². The lowest BCUT2D eigenvalue weighted by molar-refractivity contribution is 0.700. The Morgan fingerprint density at radius 2 is 1.73 bits per heavy atom. The Morgan fingerprint density at radius 3 is 2.47 bits per heavy atom. The monoisotopic (exact) mass is 417 g/mol. The third-order valence-electron chi connectivity index (χ3n) is 5.94. The molecular formula is C24H23N3O2S. The van der Waals surface area contributed by atoms with Gasteiger partial charge >= 0.3 is 5.69 Å². The van der Waals surface area contributed by atoms with Crippen LogP contribution in [0.3, 0.4) is 0 Å². The summed E-state index contributed by atoms with van der Waals surface area (Å²) in [4.78, 5) is 26.2. The van der Waals surface area contributed by atoms with Crippen LogP contribution >= 0.6 is 11.8 Å². The van der Waals surface area contributed by atoms with Gasteiger partial charge in [0.2, 0.25) is 0 Å². The summed E-state index contributed by atoms with van der Waals surface area (Å²) < 4.78 is 5.13. The number of aryl methyl sites for hydroxylation is 2. The average molecular weight is 418 g/mol. The van der Waals surface area contributed by atoms with Gasteiger partial charge in [0.05, 0.1) is 27.5 Å². The van der Waals surface area contributed by atoms with E-state index in [1.807, 2.05) is 42.1 Å². The molecule has 6 heteroatoms. The van der Waals surface area contributed by atoms with Crippen molar-refractivity contribution in [1.82, 2.24) is 13.7 Å². The van der Waals surface area contributed by atoms with Gasteiger partial charge in [0, 0.05) is 26.4 Å². The van der Waals surface area contributed by atoms with Gasteiger partial charge in [-0.1, -0.05) is 60.2 Å². The summed E-state index contributed by atoms with van der Waals surface area (Å²) in [6.07, 6.45) is 0. The lowest BCUT2D eigenvalue weighted by atomic mass is 10.1. The van der Waals surface area contributed by atoms with Gasteiger partial charge in [0.1, 0.15) is 0 Å². The second kappa shape index (κ2) is 7.06. The van der Waals surface area contributed by atoms with Crippen LogP contribution in [-0.2, 0) is 20.6 Å². The number of rotatable bonds is 2. The lowest BCUT2D eigenvalue weighted by Gasteiger charge is -2.27. The summed E-state index contributed by atoms with van der Waals surface area (Å²) in [5.41, 5.74) is 5.58. The summed E-state index contributed by atoms with van der Waals surface area (Å²) >= 11 is 1.87. The Morgan fingerprint density at radius 1 is 0.967 bits per heavy atom. The third kappa shape index (κ3) is 2.70. The van der Waals surface area contributed by atoms with Crippen molar-refractivity contribution in [2.75, 3.05) is 5.75 Å². The molecular weight excluding hydrogens is 394 g/mol. The van der Waals surface area contributed by atoms with Gasteiger partial charge in [0.25, 0.3) is 5.56 Å².